The van der Waals surface area contributed by atoms with Gasteiger partial charge in [-0.3, -0.25) is 4.79 Å². The second-order valence-corrected chi connectivity index (χ2v) is 8.11. The molecule has 5 nitrogen and oxygen atoms in total. The number of amides is 1. The highest BCUT2D eigenvalue weighted by molar-refractivity contribution is 7.15. The molecule has 0 saturated carbocycles. The Morgan fingerprint density at radius 3 is 2.61 bits per heavy atom. The topological polar surface area (TPSA) is 64.6 Å². The summed E-state index contributed by atoms with van der Waals surface area (Å²) in [6.07, 6.45) is -3.71. The van der Waals surface area contributed by atoms with Gasteiger partial charge in [0.2, 0.25) is 0 Å². The predicted octanol–water partition coefficient (Wildman–Crippen LogP) is 6.19. The van der Waals surface area contributed by atoms with Crippen molar-refractivity contribution in [2.75, 3.05) is 5.32 Å². The minimum absolute atomic E-state index is 0.0761. The monoisotopic (exact) mass is 447 g/mol. The average molecular weight is 447 g/mol. The molecule has 0 atom stereocenters. The van der Waals surface area contributed by atoms with Gasteiger partial charge in [-0.05, 0) is 61.4 Å². The standard InChI is InChI=1S/C22H16F3NO4S/c1-12(27)2-5-15-6-9-20(31-15)13-3-7-18-16(10-13)21(28)26-17-11-14(30-22(23,24)25)4-8-19(17)29-18/h3-4,6-11H,2,5H2,1H3,(H,26,28). The van der Waals surface area contributed by atoms with Gasteiger partial charge in [-0.25, -0.2) is 0 Å². The Bertz CT molecular complexity index is 1170. The number of carbonyl (C=O) groups excluding carboxylic acids is 2. The molecule has 1 aromatic heterocycles. The second-order valence-electron chi connectivity index (χ2n) is 6.94. The summed E-state index contributed by atoms with van der Waals surface area (Å²) < 4.78 is 47.1. The van der Waals surface area contributed by atoms with Crippen molar-refractivity contribution >= 4 is 28.7 Å². The third-order valence-corrected chi connectivity index (χ3v) is 5.74. The maximum Gasteiger partial charge on any atom is 0.573 e. The van der Waals surface area contributed by atoms with Gasteiger partial charge in [0, 0.05) is 22.2 Å². The van der Waals surface area contributed by atoms with Gasteiger partial charge in [-0.2, -0.15) is 0 Å². The molecule has 0 spiro atoms. The molecule has 1 N–H and O–H groups in total. The van der Waals surface area contributed by atoms with Crippen molar-refractivity contribution < 1.29 is 32.2 Å². The minimum Gasteiger partial charge on any atom is -0.454 e. The number of nitrogens with one attached hydrogen (secondary N) is 1. The van der Waals surface area contributed by atoms with E-state index in [1.54, 1.807) is 25.1 Å². The van der Waals surface area contributed by atoms with Crippen molar-refractivity contribution in [3.8, 4) is 27.7 Å². The summed E-state index contributed by atoms with van der Waals surface area (Å²) in [7, 11) is 0. The average Bonchev–Trinajstić information content (AvgIpc) is 3.11. The van der Waals surface area contributed by atoms with Crippen molar-refractivity contribution in [1.29, 1.82) is 0 Å². The van der Waals surface area contributed by atoms with Crippen molar-refractivity contribution in [1.82, 2.24) is 0 Å². The highest BCUT2D eigenvalue weighted by Crippen LogP contribution is 2.40. The maximum absolute atomic E-state index is 12.7. The number of ether oxygens (including phenoxy) is 2. The van der Waals surface area contributed by atoms with Crippen LogP contribution >= 0.6 is 11.3 Å². The van der Waals surface area contributed by atoms with E-state index < -0.39 is 18.0 Å². The number of rotatable bonds is 5. The number of benzene rings is 2. The van der Waals surface area contributed by atoms with Crippen LogP contribution in [0.1, 0.15) is 28.6 Å². The molecule has 0 fully saturated rings. The Kier molecular flexibility index (Phi) is 5.45. The largest absolute Gasteiger partial charge is 0.573 e. The SMILES string of the molecule is CC(=O)CCc1ccc(-c2ccc3c(c2)C(=O)Nc2cc(OC(F)(F)F)ccc2O3)s1. The predicted molar refractivity (Wildman–Crippen MR) is 110 cm³/mol. The summed E-state index contributed by atoms with van der Waals surface area (Å²) in [4.78, 5) is 25.9. The van der Waals surface area contributed by atoms with E-state index >= 15 is 0 Å². The van der Waals surface area contributed by atoms with E-state index in [2.05, 4.69) is 10.1 Å². The van der Waals surface area contributed by atoms with Crippen LogP contribution in [0.4, 0.5) is 18.9 Å². The van der Waals surface area contributed by atoms with Gasteiger partial charge in [0.05, 0.1) is 11.3 Å². The number of carbonyl (C=O) groups is 2. The van der Waals surface area contributed by atoms with E-state index in [1.165, 1.54) is 17.4 Å². The summed E-state index contributed by atoms with van der Waals surface area (Å²) in [6.45, 7) is 1.55. The van der Waals surface area contributed by atoms with Crippen molar-refractivity contribution in [2.24, 2.45) is 0 Å². The third kappa shape index (κ3) is 4.88. The normalized spacial score (nSPS) is 12.8. The number of aryl methyl sites for hydroxylation is 1. The van der Waals surface area contributed by atoms with Crippen LogP contribution in [0.25, 0.3) is 10.4 Å². The number of ketones is 1. The Labute approximate surface area is 179 Å². The summed E-state index contributed by atoms with van der Waals surface area (Å²) >= 11 is 1.53. The molecule has 160 valence electrons. The first-order valence-electron chi connectivity index (χ1n) is 9.29. The van der Waals surface area contributed by atoms with Gasteiger partial charge < -0.3 is 19.6 Å². The van der Waals surface area contributed by atoms with Crippen LogP contribution in [-0.2, 0) is 11.2 Å². The third-order valence-electron chi connectivity index (χ3n) is 4.55. The molecular formula is C22H16F3NO4S. The van der Waals surface area contributed by atoms with Crippen LogP contribution in [0.3, 0.4) is 0 Å². The molecule has 0 radical (unpaired) electrons. The molecule has 2 heterocycles. The lowest BCUT2D eigenvalue weighted by Crippen LogP contribution is -2.17. The molecule has 2 aromatic carbocycles. The number of anilines is 1. The van der Waals surface area contributed by atoms with Crippen LogP contribution < -0.4 is 14.8 Å². The molecule has 3 aromatic rings. The Hall–Kier alpha value is -3.33. The second kappa shape index (κ2) is 8.07. The summed E-state index contributed by atoms with van der Waals surface area (Å²) in [5.41, 5.74) is 1.13. The van der Waals surface area contributed by atoms with E-state index in [0.29, 0.717) is 12.8 Å². The number of Topliss-reactive ketones (excluding diaryl/α,β-unsaturated/α-hetero) is 1. The van der Waals surface area contributed by atoms with Crippen LogP contribution in [0.15, 0.2) is 48.5 Å². The molecule has 0 unspecified atom stereocenters. The van der Waals surface area contributed by atoms with E-state index in [9.17, 15) is 22.8 Å². The number of halogens is 3. The molecule has 1 amide bonds. The fourth-order valence-electron chi connectivity index (χ4n) is 3.12. The first-order chi connectivity index (χ1) is 14.7. The van der Waals surface area contributed by atoms with Crippen molar-refractivity contribution in [3.05, 3.63) is 59.0 Å². The van der Waals surface area contributed by atoms with Crippen molar-refractivity contribution in [3.63, 3.8) is 0 Å². The fourth-order valence-corrected chi connectivity index (χ4v) is 4.12. The van der Waals surface area contributed by atoms with Gasteiger partial charge in [-0.15, -0.1) is 24.5 Å². The lowest BCUT2D eigenvalue weighted by molar-refractivity contribution is -0.274. The number of fused-ring (bicyclic) bond motifs is 2. The van der Waals surface area contributed by atoms with Crippen LogP contribution in [0.2, 0.25) is 0 Å². The molecule has 0 aliphatic carbocycles. The van der Waals surface area contributed by atoms with Crippen LogP contribution in [0, 0.1) is 0 Å². The Morgan fingerprint density at radius 1 is 1.10 bits per heavy atom. The lowest BCUT2D eigenvalue weighted by atomic mass is 10.1. The van der Waals surface area contributed by atoms with E-state index in [-0.39, 0.29) is 28.5 Å². The molecule has 9 heteroatoms. The summed E-state index contributed by atoms with van der Waals surface area (Å²) in [5.74, 6) is -0.349. The van der Waals surface area contributed by atoms with Gasteiger partial charge in [0.15, 0.2) is 5.75 Å². The molecule has 0 saturated heterocycles. The maximum atomic E-state index is 12.7. The number of alkyl halides is 3. The first-order valence-corrected chi connectivity index (χ1v) is 10.1. The van der Waals surface area contributed by atoms with E-state index in [0.717, 1.165) is 27.5 Å². The van der Waals surface area contributed by atoms with Crippen LogP contribution in [0.5, 0.6) is 17.2 Å². The van der Waals surface area contributed by atoms with Gasteiger partial charge in [0.25, 0.3) is 5.91 Å². The highest BCUT2D eigenvalue weighted by Gasteiger charge is 2.32. The summed E-state index contributed by atoms with van der Waals surface area (Å²) in [6, 6.07) is 12.5. The quantitative estimate of drug-likeness (QED) is 0.506. The van der Waals surface area contributed by atoms with E-state index in [4.69, 9.17) is 4.74 Å². The molecule has 0 bridgehead atoms. The lowest BCUT2D eigenvalue weighted by Gasteiger charge is -2.12. The van der Waals surface area contributed by atoms with Gasteiger partial charge in [-0.1, -0.05) is 0 Å². The highest BCUT2D eigenvalue weighted by atomic mass is 32.1. The first kappa shape index (κ1) is 20.9. The number of hydrogen-bond acceptors (Lipinski definition) is 5. The minimum atomic E-state index is -4.84. The van der Waals surface area contributed by atoms with E-state index in [1.807, 2.05) is 12.1 Å². The molecule has 4 rings (SSSR count). The smallest absolute Gasteiger partial charge is 0.454 e. The zero-order chi connectivity index (χ0) is 22.2. The zero-order valence-electron chi connectivity index (χ0n) is 16.2. The van der Waals surface area contributed by atoms with Gasteiger partial charge >= 0.3 is 6.36 Å². The fraction of sp³-hybridized carbons (Fsp3) is 0.182. The number of hydrogen-bond donors (Lipinski definition) is 1. The van der Waals surface area contributed by atoms with Crippen molar-refractivity contribution in [2.45, 2.75) is 26.1 Å². The Morgan fingerprint density at radius 2 is 1.87 bits per heavy atom. The molecule has 1 aliphatic rings. The number of thiophene rings is 1. The zero-order valence-corrected chi connectivity index (χ0v) is 17.0. The Balaban J connectivity index is 1.60. The van der Waals surface area contributed by atoms with Gasteiger partial charge in [0.1, 0.15) is 17.3 Å². The molecule has 31 heavy (non-hydrogen) atoms. The van der Waals surface area contributed by atoms with Crippen LogP contribution in [-0.4, -0.2) is 18.1 Å². The molecular weight excluding hydrogens is 431 g/mol. The summed E-state index contributed by atoms with van der Waals surface area (Å²) in [5, 5.41) is 2.58. The molecule has 1 aliphatic heterocycles.